The molecule has 1 spiro atoms. The van der Waals surface area contributed by atoms with Gasteiger partial charge in [0.25, 0.3) is 0 Å². The van der Waals surface area contributed by atoms with Crippen LogP contribution in [0.1, 0.15) is 77.6 Å². The zero-order valence-corrected chi connectivity index (χ0v) is 20.3. The SMILES string of the molecule is CCOC1CC(NC(=NC)NC2CCN(C3CCCC3)CC2)C12CCCC2.I. The third-order valence-electron chi connectivity index (χ3n) is 7.93. The fraction of sp³-hybridized carbons (Fsp3) is 0.955. The smallest absolute Gasteiger partial charge is 0.191 e. The lowest BCUT2D eigenvalue weighted by molar-refractivity contribution is -0.125. The van der Waals surface area contributed by atoms with Crippen LogP contribution in [0.5, 0.6) is 0 Å². The summed E-state index contributed by atoms with van der Waals surface area (Å²) in [6.45, 7) is 5.46. The first-order valence-corrected chi connectivity index (χ1v) is 11.6. The van der Waals surface area contributed by atoms with Gasteiger partial charge in [0.05, 0.1) is 6.10 Å². The van der Waals surface area contributed by atoms with Crippen LogP contribution in [0.4, 0.5) is 0 Å². The molecule has 0 aromatic carbocycles. The van der Waals surface area contributed by atoms with E-state index in [1.807, 2.05) is 7.05 Å². The summed E-state index contributed by atoms with van der Waals surface area (Å²) in [5, 5.41) is 7.52. The first-order valence-electron chi connectivity index (χ1n) is 11.6. The second-order valence-corrected chi connectivity index (χ2v) is 9.28. The third-order valence-corrected chi connectivity index (χ3v) is 7.93. The monoisotopic (exact) mass is 504 g/mol. The Kier molecular flexibility index (Phi) is 8.31. The Morgan fingerprint density at radius 2 is 1.71 bits per heavy atom. The number of rotatable bonds is 5. The van der Waals surface area contributed by atoms with Gasteiger partial charge in [0.1, 0.15) is 0 Å². The molecule has 0 radical (unpaired) electrons. The number of aliphatic imine (C=N–C) groups is 1. The minimum Gasteiger partial charge on any atom is -0.378 e. The minimum absolute atomic E-state index is 0. The molecule has 1 saturated heterocycles. The van der Waals surface area contributed by atoms with Gasteiger partial charge in [0.2, 0.25) is 0 Å². The molecule has 162 valence electrons. The van der Waals surface area contributed by atoms with Crippen molar-refractivity contribution < 1.29 is 4.74 Å². The maximum absolute atomic E-state index is 6.07. The Balaban J connectivity index is 0.00000225. The molecule has 4 aliphatic rings. The maximum atomic E-state index is 6.07. The van der Waals surface area contributed by atoms with Crippen LogP contribution >= 0.6 is 24.0 Å². The Bertz CT molecular complexity index is 509. The van der Waals surface area contributed by atoms with E-state index < -0.39 is 0 Å². The van der Waals surface area contributed by atoms with Crippen molar-refractivity contribution in [3.8, 4) is 0 Å². The summed E-state index contributed by atoms with van der Waals surface area (Å²) >= 11 is 0. The third kappa shape index (κ3) is 4.64. The summed E-state index contributed by atoms with van der Waals surface area (Å²) in [6.07, 6.45) is 15.1. The summed E-state index contributed by atoms with van der Waals surface area (Å²) in [7, 11) is 1.92. The maximum Gasteiger partial charge on any atom is 0.191 e. The zero-order valence-electron chi connectivity index (χ0n) is 17.9. The normalized spacial score (nSPS) is 31.6. The first-order chi connectivity index (χ1) is 13.2. The molecule has 1 aliphatic heterocycles. The van der Waals surface area contributed by atoms with E-state index in [2.05, 4.69) is 27.4 Å². The Labute approximate surface area is 188 Å². The molecule has 2 atom stereocenters. The van der Waals surface area contributed by atoms with E-state index in [-0.39, 0.29) is 24.0 Å². The van der Waals surface area contributed by atoms with Crippen molar-refractivity contribution in [2.45, 2.75) is 102 Å². The summed E-state index contributed by atoms with van der Waals surface area (Å²) in [4.78, 5) is 7.31. The predicted octanol–water partition coefficient (Wildman–Crippen LogP) is 3.91. The number of guanidine groups is 1. The highest BCUT2D eigenvalue weighted by molar-refractivity contribution is 14.0. The number of nitrogens with zero attached hydrogens (tertiary/aromatic N) is 2. The molecule has 3 aliphatic carbocycles. The van der Waals surface area contributed by atoms with E-state index in [0.717, 1.165) is 25.0 Å². The van der Waals surface area contributed by atoms with Crippen LogP contribution in [0.2, 0.25) is 0 Å². The van der Waals surface area contributed by atoms with Crippen molar-refractivity contribution in [1.82, 2.24) is 15.5 Å². The lowest BCUT2D eigenvalue weighted by Crippen LogP contribution is -2.65. The van der Waals surface area contributed by atoms with Crippen molar-refractivity contribution in [2.24, 2.45) is 10.4 Å². The lowest BCUT2D eigenvalue weighted by atomic mass is 9.60. The number of hydrogen-bond donors (Lipinski definition) is 2. The van der Waals surface area contributed by atoms with Crippen LogP contribution in [0.3, 0.4) is 0 Å². The van der Waals surface area contributed by atoms with Gasteiger partial charge in [-0.3, -0.25) is 4.99 Å². The summed E-state index contributed by atoms with van der Waals surface area (Å²) in [5.74, 6) is 1.01. The van der Waals surface area contributed by atoms with Gasteiger partial charge in [-0.2, -0.15) is 0 Å². The van der Waals surface area contributed by atoms with Gasteiger partial charge >= 0.3 is 0 Å². The van der Waals surface area contributed by atoms with Gasteiger partial charge < -0.3 is 20.3 Å². The van der Waals surface area contributed by atoms with Crippen LogP contribution < -0.4 is 10.6 Å². The average Bonchev–Trinajstić information content (AvgIpc) is 3.40. The second-order valence-electron chi connectivity index (χ2n) is 9.28. The number of hydrogen-bond acceptors (Lipinski definition) is 3. The van der Waals surface area contributed by atoms with Gasteiger partial charge in [0.15, 0.2) is 5.96 Å². The van der Waals surface area contributed by atoms with Crippen LogP contribution in [0.15, 0.2) is 4.99 Å². The molecule has 28 heavy (non-hydrogen) atoms. The number of halogens is 1. The minimum atomic E-state index is 0. The average molecular weight is 505 g/mol. The quantitative estimate of drug-likeness (QED) is 0.339. The molecule has 4 rings (SSSR count). The Hall–Kier alpha value is -0.0800. The van der Waals surface area contributed by atoms with E-state index in [1.165, 1.54) is 77.3 Å². The van der Waals surface area contributed by atoms with Gasteiger partial charge in [-0.15, -0.1) is 24.0 Å². The highest BCUT2D eigenvalue weighted by Crippen LogP contribution is 2.54. The molecule has 2 N–H and O–H groups in total. The molecule has 2 unspecified atom stereocenters. The van der Waals surface area contributed by atoms with Crippen LogP contribution in [-0.2, 0) is 4.74 Å². The Morgan fingerprint density at radius 3 is 2.32 bits per heavy atom. The van der Waals surface area contributed by atoms with E-state index in [0.29, 0.717) is 23.6 Å². The lowest BCUT2D eigenvalue weighted by Gasteiger charge is -2.54. The highest BCUT2D eigenvalue weighted by Gasteiger charge is 2.57. The van der Waals surface area contributed by atoms with Crippen molar-refractivity contribution in [1.29, 1.82) is 0 Å². The fourth-order valence-corrected chi connectivity index (χ4v) is 6.30. The van der Waals surface area contributed by atoms with E-state index in [4.69, 9.17) is 4.74 Å². The molecule has 0 aromatic heterocycles. The van der Waals surface area contributed by atoms with Crippen molar-refractivity contribution in [3.63, 3.8) is 0 Å². The molecular formula is C22H41IN4O. The summed E-state index contributed by atoms with van der Waals surface area (Å²) < 4.78 is 6.07. The number of nitrogens with one attached hydrogen (secondary N) is 2. The van der Waals surface area contributed by atoms with Gasteiger partial charge in [-0.05, 0) is 51.9 Å². The molecule has 0 bridgehead atoms. The topological polar surface area (TPSA) is 48.9 Å². The summed E-state index contributed by atoms with van der Waals surface area (Å²) in [5.41, 5.74) is 0.361. The molecule has 5 nitrogen and oxygen atoms in total. The molecule has 4 fully saturated rings. The predicted molar refractivity (Wildman–Crippen MR) is 127 cm³/mol. The summed E-state index contributed by atoms with van der Waals surface area (Å²) in [6, 6.07) is 1.97. The van der Waals surface area contributed by atoms with E-state index >= 15 is 0 Å². The number of piperidine rings is 1. The second kappa shape index (κ2) is 10.3. The largest absolute Gasteiger partial charge is 0.378 e. The van der Waals surface area contributed by atoms with Crippen LogP contribution in [-0.4, -0.2) is 61.8 Å². The molecular weight excluding hydrogens is 463 g/mol. The van der Waals surface area contributed by atoms with Crippen LogP contribution in [0.25, 0.3) is 0 Å². The zero-order chi connectivity index (χ0) is 18.7. The first kappa shape index (κ1) is 22.6. The molecule has 0 aromatic rings. The molecule has 0 amide bonds. The van der Waals surface area contributed by atoms with E-state index in [9.17, 15) is 0 Å². The van der Waals surface area contributed by atoms with Gasteiger partial charge in [-0.1, -0.05) is 25.7 Å². The number of ether oxygens (including phenoxy) is 1. The van der Waals surface area contributed by atoms with Gasteiger partial charge in [0, 0.05) is 50.3 Å². The Morgan fingerprint density at radius 1 is 1.04 bits per heavy atom. The van der Waals surface area contributed by atoms with Crippen molar-refractivity contribution in [3.05, 3.63) is 0 Å². The molecule has 6 heteroatoms. The number of likely N-dealkylation sites (tertiary alicyclic amines) is 1. The van der Waals surface area contributed by atoms with Crippen molar-refractivity contribution >= 4 is 29.9 Å². The fourth-order valence-electron chi connectivity index (χ4n) is 6.30. The van der Waals surface area contributed by atoms with Crippen LogP contribution in [0, 0.1) is 5.41 Å². The molecule has 1 heterocycles. The van der Waals surface area contributed by atoms with Gasteiger partial charge in [-0.25, -0.2) is 0 Å². The van der Waals surface area contributed by atoms with E-state index in [1.54, 1.807) is 0 Å². The molecule has 3 saturated carbocycles. The standard InChI is InChI=1S/C22H40N4O.HI/c1-3-27-20-16-19(22(20)12-6-7-13-22)25-21(23-2)24-17-10-14-26(15-11-17)18-8-4-5-9-18;/h17-20H,3-16H2,1-2H3,(H2,23,24,25);1H. The highest BCUT2D eigenvalue weighted by atomic mass is 127. The van der Waals surface area contributed by atoms with Crippen molar-refractivity contribution in [2.75, 3.05) is 26.7 Å².